The highest BCUT2D eigenvalue weighted by molar-refractivity contribution is 8.00. The third-order valence-electron chi connectivity index (χ3n) is 8.75. The van der Waals surface area contributed by atoms with Gasteiger partial charge >= 0.3 is 0 Å². The van der Waals surface area contributed by atoms with E-state index in [0.717, 1.165) is 104 Å². The van der Waals surface area contributed by atoms with Crippen LogP contribution in [-0.2, 0) is 16.0 Å². The maximum absolute atomic E-state index is 12.2. The number of benzene rings is 3. The Morgan fingerprint density at radius 1 is 0.841 bits per heavy atom. The van der Waals surface area contributed by atoms with E-state index in [1.807, 2.05) is 48.5 Å². The number of methoxy groups -OCH3 is 3. The lowest BCUT2D eigenvalue weighted by Gasteiger charge is -2.41. The van der Waals surface area contributed by atoms with Crippen LogP contribution in [0.15, 0.2) is 65.6 Å². The number of ether oxygens (including phenoxy) is 4. The summed E-state index contributed by atoms with van der Waals surface area (Å²) < 4.78 is 22.4. The molecule has 2 aliphatic heterocycles. The lowest BCUT2D eigenvalue weighted by Crippen LogP contribution is -2.47. The first-order chi connectivity index (χ1) is 21.5. The molecule has 9 heteroatoms. The molecule has 0 bridgehead atoms. The number of para-hydroxylation sites is 2. The Morgan fingerprint density at radius 3 is 2.23 bits per heavy atom. The van der Waals surface area contributed by atoms with Gasteiger partial charge < -0.3 is 38.9 Å². The van der Waals surface area contributed by atoms with Crippen molar-refractivity contribution in [1.29, 1.82) is 0 Å². The van der Waals surface area contributed by atoms with E-state index in [4.69, 9.17) is 18.9 Å². The molecule has 0 aliphatic carbocycles. The maximum Gasteiger partial charge on any atom is 0.164 e. The molecule has 2 aliphatic rings. The lowest BCUT2D eigenvalue weighted by molar-refractivity contribution is -0.109. The van der Waals surface area contributed by atoms with Gasteiger partial charge in [0.1, 0.15) is 23.8 Å². The second-order valence-corrected chi connectivity index (χ2v) is 13.0. The minimum Gasteiger partial charge on any atom is -0.496 e. The van der Waals surface area contributed by atoms with Gasteiger partial charge in [0.25, 0.3) is 0 Å². The molecule has 44 heavy (non-hydrogen) atoms. The van der Waals surface area contributed by atoms with E-state index in [2.05, 4.69) is 34.2 Å². The third kappa shape index (κ3) is 7.28. The molecule has 3 aromatic rings. The number of unbranched alkanes of at least 4 members (excludes halogenated alkanes) is 1. The van der Waals surface area contributed by atoms with Gasteiger partial charge in [-0.1, -0.05) is 30.3 Å². The van der Waals surface area contributed by atoms with Crippen molar-refractivity contribution in [2.45, 2.75) is 41.9 Å². The number of rotatable bonds is 14. The number of aldehydes is 1. The van der Waals surface area contributed by atoms with Crippen molar-refractivity contribution < 1.29 is 23.7 Å². The Hall–Kier alpha value is -3.40. The summed E-state index contributed by atoms with van der Waals surface area (Å²) in [5.74, 6) is 3.11. The van der Waals surface area contributed by atoms with E-state index in [1.165, 1.54) is 0 Å². The average Bonchev–Trinajstić information content (AvgIpc) is 3.07. The number of thioether (sulfide) groups is 1. The molecule has 0 amide bonds. The van der Waals surface area contributed by atoms with Crippen LogP contribution in [0.25, 0.3) is 0 Å². The van der Waals surface area contributed by atoms with E-state index in [0.29, 0.717) is 12.4 Å². The number of nitrogens with one attached hydrogen (secondary N) is 1. The number of nitrogens with zero attached hydrogens (tertiary/aromatic N) is 2. The molecule has 0 aromatic heterocycles. The monoisotopic (exact) mass is 619 g/mol. The molecular weight excluding hydrogens is 574 g/mol. The van der Waals surface area contributed by atoms with E-state index in [1.54, 1.807) is 33.1 Å². The summed E-state index contributed by atoms with van der Waals surface area (Å²) in [6, 6.07) is 19.9. The van der Waals surface area contributed by atoms with Gasteiger partial charge in [0, 0.05) is 54.9 Å². The lowest BCUT2D eigenvalue weighted by atomic mass is 9.91. The number of anilines is 1. The summed E-state index contributed by atoms with van der Waals surface area (Å²) in [5, 5.41) is 3.44. The zero-order valence-electron chi connectivity index (χ0n) is 26.3. The predicted molar refractivity (Wildman–Crippen MR) is 177 cm³/mol. The van der Waals surface area contributed by atoms with Crippen molar-refractivity contribution in [1.82, 2.24) is 9.80 Å². The van der Waals surface area contributed by atoms with Gasteiger partial charge in [-0.3, -0.25) is 0 Å². The van der Waals surface area contributed by atoms with Crippen LogP contribution in [0.3, 0.4) is 0 Å². The largest absolute Gasteiger partial charge is 0.496 e. The van der Waals surface area contributed by atoms with Crippen LogP contribution in [-0.4, -0.2) is 89.3 Å². The average molecular weight is 620 g/mol. The fourth-order valence-corrected chi connectivity index (χ4v) is 7.44. The highest BCUT2D eigenvalue weighted by Crippen LogP contribution is 2.52. The highest BCUT2D eigenvalue weighted by atomic mass is 32.2. The van der Waals surface area contributed by atoms with Crippen molar-refractivity contribution >= 4 is 23.7 Å². The Kier molecular flexibility index (Phi) is 11.0. The molecule has 1 saturated heterocycles. The molecule has 0 radical (unpaired) electrons. The summed E-state index contributed by atoms with van der Waals surface area (Å²) >= 11 is 1.73. The normalized spacial score (nSPS) is 20.3. The first-order valence-electron chi connectivity index (χ1n) is 15.4. The molecule has 2 heterocycles. The van der Waals surface area contributed by atoms with E-state index >= 15 is 0 Å². The number of carbonyl (C=O) groups is 1. The van der Waals surface area contributed by atoms with Gasteiger partial charge in [-0.05, 0) is 62.6 Å². The Morgan fingerprint density at radius 2 is 1.50 bits per heavy atom. The number of hydrogen-bond donors (Lipinski definition) is 1. The van der Waals surface area contributed by atoms with Crippen LogP contribution >= 0.6 is 11.8 Å². The summed E-state index contributed by atoms with van der Waals surface area (Å²) in [5.41, 5.74) is 3.18. The van der Waals surface area contributed by atoms with E-state index < -0.39 is 4.75 Å². The molecular formula is C35H45N3O5S. The molecule has 2 atom stereocenters. The minimum atomic E-state index is -0.475. The molecule has 5 rings (SSSR count). The van der Waals surface area contributed by atoms with Gasteiger partial charge in [-0.25, -0.2) is 0 Å². The Bertz CT molecular complexity index is 1400. The predicted octanol–water partition coefficient (Wildman–Crippen LogP) is 5.73. The first-order valence-corrected chi connectivity index (χ1v) is 16.3. The highest BCUT2D eigenvalue weighted by Gasteiger charge is 2.43. The van der Waals surface area contributed by atoms with E-state index in [-0.39, 0.29) is 6.04 Å². The standard InChI is InChI=1S/C35H45N3O5S/c1-35(34(25-39)36-28-12-6-8-14-33(28)44-35)27-11-5-7-13-29(27)43-22-10-9-16-37-18-20-38(21-19-37)17-15-26-23-31(41-3)32(42-4)24-30(26)40-2/h5-8,11-14,23-25,34,36H,9-10,15-22H2,1-4H3. The molecule has 2 unspecified atom stereocenters. The van der Waals surface area contributed by atoms with Crippen molar-refractivity contribution in [2.75, 3.05) is 72.5 Å². The van der Waals surface area contributed by atoms with Crippen LogP contribution in [0.1, 0.15) is 30.9 Å². The van der Waals surface area contributed by atoms with Crippen LogP contribution in [0.4, 0.5) is 5.69 Å². The summed E-state index contributed by atoms with van der Waals surface area (Å²) in [6.07, 6.45) is 3.99. The Labute approximate surface area is 266 Å². The molecule has 1 fully saturated rings. The summed E-state index contributed by atoms with van der Waals surface area (Å²) in [4.78, 5) is 18.4. The van der Waals surface area contributed by atoms with Gasteiger partial charge in [-0.2, -0.15) is 0 Å². The quantitative estimate of drug-likeness (QED) is 0.180. The third-order valence-corrected chi connectivity index (χ3v) is 10.2. The molecule has 8 nitrogen and oxygen atoms in total. The second-order valence-electron chi connectivity index (χ2n) is 11.5. The molecule has 3 aromatic carbocycles. The van der Waals surface area contributed by atoms with Crippen molar-refractivity contribution in [3.63, 3.8) is 0 Å². The van der Waals surface area contributed by atoms with Gasteiger partial charge in [0.15, 0.2) is 11.5 Å². The first kappa shape index (κ1) is 32.0. The maximum atomic E-state index is 12.2. The van der Waals surface area contributed by atoms with Crippen LogP contribution in [0.5, 0.6) is 23.0 Å². The number of hydrogen-bond acceptors (Lipinski definition) is 9. The number of fused-ring (bicyclic) bond motifs is 1. The van der Waals surface area contributed by atoms with Crippen LogP contribution < -0.4 is 24.3 Å². The SMILES string of the molecule is COc1cc(OC)c(OC)cc1CCN1CCN(CCCCOc2ccccc2C2(C)Sc3ccccc3NC2C=O)CC1. The molecule has 1 N–H and O–H groups in total. The van der Waals surface area contributed by atoms with Gasteiger partial charge in [0.2, 0.25) is 0 Å². The van der Waals surface area contributed by atoms with Gasteiger partial charge in [-0.15, -0.1) is 11.8 Å². The minimum absolute atomic E-state index is 0.355. The second kappa shape index (κ2) is 15.1. The smallest absolute Gasteiger partial charge is 0.164 e. The number of carbonyl (C=O) groups excluding carboxylic acids is 1. The molecule has 236 valence electrons. The van der Waals surface area contributed by atoms with Crippen molar-refractivity contribution in [3.8, 4) is 23.0 Å². The molecule has 0 saturated carbocycles. The van der Waals surface area contributed by atoms with E-state index in [9.17, 15) is 4.79 Å². The van der Waals surface area contributed by atoms with Gasteiger partial charge in [0.05, 0.1) is 32.7 Å². The molecule has 0 spiro atoms. The number of piperazine rings is 1. The van der Waals surface area contributed by atoms with Crippen molar-refractivity contribution in [3.05, 3.63) is 71.8 Å². The van der Waals surface area contributed by atoms with Crippen LogP contribution in [0, 0.1) is 0 Å². The fraction of sp³-hybridized carbons (Fsp3) is 0.457. The van der Waals surface area contributed by atoms with Crippen LogP contribution in [0.2, 0.25) is 0 Å². The van der Waals surface area contributed by atoms with Crippen molar-refractivity contribution in [2.24, 2.45) is 0 Å². The Balaban J connectivity index is 1.06. The topological polar surface area (TPSA) is 72.5 Å². The summed E-state index contributed by atoms with van der Waals surface area (Å²) in [7, 11) is 5.00. The summed E-state index contributed by atoms with van der Waals surface area (Å²) in [6.45, 7) is 9.11. The zero-order chi connectivity index (χ0) is 30.9. The fourth-order valence-electron chi connectivity index (χ4n) is 6.08. The zero-order valence-corrected chi connectivity index (χ0v) is 27.2.